The van der Waals surface area contributed by atoms with Crippen molar-refractivity contribution in [3.05, 3.63) is 53.8 Å². The molecule has 3 aromatic rings. The summed E-state index contributed by atoms with van der Waals surface area (Å²) in [7, 11) is 0.707. The molecule has 0 aliphatic heterocycles. The molecule has 0 amide bonds. The lowest BCUT2D eigenvalue weighted by Gasteiger charge is -2.01. The van der Waals surface area contributed by atoms with E-state index >= 15 is 0 Å². The molecule has 0 radical (unpaired) electrons. The van der Waals surface area contributed by atoms with Crippen molar-refractivity contribution < 1.29 is 8.95 Å². The van der Waals surface area contributed by atoms with E-state index in [0.29, 0.717) is 18.1 Å². The average Bonchev–Trinajstić information content (AvgIpc) is 3.25. The maximum Gasteiger partial charge on any atom is 0.123 e. The highest BCUT2D eigenvalue weighted by molar-refractivity contribution is 7.84. The zero-order chi connectivity index (χ0) is 16.1. The number of ether oxygens (including phenoxy) is 1. The van der Waals surface area contributed by atoms with E-state index in [2.05, 4.69) is 10.1 Å². The molecule has 23 heavy (non-hydrogen) atoms. The van der Waals surface area contributed by atoms with E-state index in [1.807, 2.05) is 41.9 Å². The van der Waals surface area contributed by atoms with Crippen molar-refractivity contribution >= 4 is 22.1 Å². The summed E-state index contributed by atoms with van der Waals surface area (Å²) in [5, 5.41) is 7.03. The molecular formula is C16H17N3O2S2. The maximum atomic E-state index is 12.2. The number of hydrogen-bond donors (Lipinski definition) is 0. The minimum absolute atomic E-state index is 0.480. The van der Waals surface area contributed by atoms with Crippen molar-refractivity contribution in [2.45, 2.75) is 12.3 Å². The largest absolute Gasteiger partial charge is 0.497 e. The Kier molecular flexibility index (Phi) is 5.19. The Morgan fingerprint density at radius 1 is 1.30 bits per heavy atom. The Bertz CT molecular complexity index is 767. The van der Waals surface area contributed by atoms with Gasteiger partial charge in [0, 0.05) is 39.9 Å². The van der Waals surface area contributed by atoms with Crippen molar-refractivity contribution in [3.8, 4) is 16.3 Å². The summed E-state index contributed by atoms with van der Waals surface area (Å²) in [5.74, 6) is 1.88. The van der Waals surface area contributed by atoms with E-state index in [1.165, 1.54) is 0 Å². The number of methoxy groups -OCH3 is 1. The fourth-order valence-electron chi connectivity index (χ4n) is 2.10. The fourth-order valence-corrected chi connectivity index (χ4v) is 4.05. The second kappa shape index (κ2) is 7.52. The molecule has 7 heteroatoms. The van der Waals surface area contributed by atoms with Gasteiger partial charge in [-0.25, -0.2) is 4.98 Å². The molecule has 0 spiro atoms. The van der Waals surface area contributed by atoms with Crippen LogP contribution in [-0.4, -0.2) is 31.8 Å². The van der Waals surface area contributed by atoms with Crippen LogP contribution in [0, 0.1) is 0 Å². The first kappa shape index (κ1) is 15.9. The summed E-state index contributed by atoms with van der Waals surface area (Å²) in [6.45, 7) is 0.662. The molecule has 0 bridgehead atoms. The number of hydrogen-bond acceptors (Lipinski definition) is 5. The van der Waals surface area contributed by atoms with Gasteiger partial charge >= 0.3 is 0 Å². The molecule has 3 rings (SSSR count). The highest BCUT2D eigenvalue weighted by Gasteiger charge is 2.08. The summed E-state index contributed by atoms with van der Waals surface area (Å²) >= 11 is 1.57. The van der Waals surface area contributed by atoms with Crippen LogP contribution in [0.25, 0.3) is 10.6 Å². The van der Waals surface area contributed by atoms with Gasteiger partial charge < -0.3 is 4.74 Å². The third-order valence-electron chi connectivity index (χ3n) is 3.30. The molecule has 2 aromatic heterocycles. The summed E-state index contributed by atoms with van der Waals surface area (Å²) in [6.07, 6.45) is 3.60. The monoisotopic (exact) mass is 347 g/mol. The average molecular weight is 347 g/mol. The first-order valence-corrected chi connectivity index (χ1v) is 9.52. The number of thiazole rings is 1. The quantitative estimate of drug-likeness (QED) is 0.659. The number of nitrogens with zero attached hydrogens (tertiary/aromatic N) is 3. The summed E-state index contributed by atoms with van der Waals surface area (Å²) < 4.78 is 19.1. The van der Waals surface area contributed by atoms with Crippen LogP contribution in [0.5, 0.6) is 5.75 Å². The zero-order valence-corrected chi connectivity index (χ0v) is 14.3. The standard InChI is InChI=1S/C16H17N3O2S2/c1-21-15-5-3-13(4-6-15)16-18-14(11-22-16)12-23(20)10-9-19-8-2-7-17-19/h2-8,11H,9-10,12H2,1H3. The zero-order valence-electron chi connectivity index (χ0n) is 12.7. The molecule has 1 unspecified atom stereocenters. The van der Waals surface area contributed by atoms with Crippen LogP contribution >= 0.6 is 11.3 Å². The topological polar surface area (TPSA) is 57.0 Å². The van der Waals surface area contributed by atoms with E-state index in [1.54, 1.807) is 29.3 Å². The molecule has 120 valence electrons. The van der Waals surface area contributed by atoms with Gasteiger partial charge in [0.1, 0.15) is 10.8 Å². The second-order valence-electron chi connectivity index (χ2n) is 4.93. The van der Waals surface area contributed by atoms with Crippen LogP contribution < -0.4 is 4.74 Å². The van der Waals surface area contributed by atoms with Gasteiger partial charge in [0.2, 0.25) is 0 Å². The van der Waals surface area contributed by atoms with Crippen molar-refractivity contribution in [1.82, 2.24) is 14.8 Å². The first-order chi connectivity index (χ1) is 11.2. The van der Waals surface area contributed by atoms with E-state index in [-0.39, 0.29) is 0 Å². The van der Waals surface area contributed by atoms with Crippen LogP contribution in [-0.2, 0) is 23.1 Å². The van der Waals surface area contributed by atoms with Crippen molar-refractivity contribution in [1.29, 1.82) is 0 Å². The number of aryl methyl sites for hydroxylation is 1. The predicted molar refractivity (Wildman–Crippen MR) is 93.0 cm³/mol. The molecule has 0 N–H and O–H groups in total. The molecule has 0 aliphatic rings. The van der Waals surface area contributed by atoms with E-state index < -0.39 is 10.8 Å². The minimum Gasteiger partial charge on any atom is -0.497 e. The maximum absolute atomic E-state index is 12.2. The number of benzene rings is 1. The van der Waals surface area contributed by atoms with Gasteiger partial charge in [-0.2, -0.15) is 5.10 Å². The molecule has 0 aliphatic carbocycles. The van der Waals surface area contributed by atoms with Crippen molar-refractivity contribution in [2.24, 2.45) is 0 Å². The lowest BCUT2D eigenvalue weighted by Crippen LogP contribution is -2.09. The second-order valence-corrected chi connectivity index (χ2v) is 7.36. The van der Waals surface area contributed by atoms with Gasteiger partial charge in [0.15, 0.2) is 0 Å². The third-order valence-corrected chi connectivity index (χ3v) is 5.50. The molecule has 0 saturated carbocycles. The summed E-state index contributed by atoms with van der Waals surface area (Å²) in [6, 6.07) is 9.66. The molecule has 1 aromatic carbocycles. The minimum atomic E-state index is -0.940. The van der Waals surface area contributed by atoms with Crippen LogP contribution in [0.3, 0.4) is 0 Å². The third kappa shape index (κ3) is 4.27. The van der Waals surface area contributed by atoms with E-state index in [4.69, 9.17) is 4.74 Å². The first-order valence-electron chi connectivity index (χ1n) is 7.16. The molecule has 1 atom stereocenters. The Morgan fingerprint density at radius 3 is 2.83 bits per heavy atom. The Labute approximate surface area is 141 Å². The van der Waals surface area contributed by atoms with Gasteiger partial charge in [-0.3, -0.25) is 8.89 Å². The Morgan fingerprint density at radius 2 is 2.13 bits per heavy atom. The van der Waals surface area contributed by atoms with Crippen LogP contribution in [0.1, 0.15) is 5.69 Å². The fraction of sp³-hybridized carbons (Fsp3) is 0.250. The highest BCUT2D eigenvalue weighted by Crippen LogP contribution is 2.26. The van der Waals surface area contributed by atoms with Gasteiger partial charge in [-0.05, 0) is 30.3 Å². The Hall–Kier alpha value is -1.99. The molecule has 0 saturated heterocycles. The highest BCUT2D eigenvalue weighted by atomic mass is 32.2. The van der Waals surface area contributed by atoms with Crippen LogP contribution in [0.4, 0.5) is 0 Å². The van der Waals surface area contributed by atoms with Gasteiger partial charge in [-0.1, -0.05) is 0 Å². The molecule has 0 fully saturated rings. The lowest BCUT2D eigenvalue weighted by molar-refractivity contribution is 0.415. The van der Waals surface area contributed by atoms with E-state index in [9.17, 15) is 4.21 Å². The molecule has 2 heterocycles. The summed E-state index contributed by atoms with van der Waals surface area (Å²) in [5.41, 5.74) is 1.92. The molecule has 5 nitrogen and oxygen atoms in total. The van der Waals surface area contributed by atoms with Crippen molar-refractivity contribution in [2.75, 3.05) is 12.9 Å². The smallest absolute Gasteiger partial charge is 0.123 e. The number of rotatable bonds is 7. The normalized spacial score (nSPS) is 12.2. The van der Waals surface area contributed by atoms with Gasteiger partial charge in [0.05, 0.1) is 25.1 Å². The lowest BCUT2D eigenvalue weighted by atomic mass is 10.2. The van der Waals surface area contributed by atoms with Gasteiger partial charge in [0.25, 0.3) is 0 Å². The predicted octanol–water partition coefficient (Wildman–Crippen LogP) is 2.96. The van der Waals surface area contributed by atoms with Crippen LogP contribution in [0.2, 0.25) is 0 Å². The molecular weight excluding hydrogens is 330 g/mol. The van der Waals surface area contributed by atoms with Gasteiger partial charge in [-0.15, -0.1) is 11.3 Å². The summed E-state index contributed by atoms with van der Waals surface area (Å²) in [4.78, 5) is 4.58. The van der Waals surface area contributed by atoms with Crippen molar-refractivity contribution in [3.63, 3.8) is 0 Å². The van der Waals surface area contributed by atoms with E-state index in [0.717, 1.165) is 22.0 Å². The Balaban J connectivity index is 1.58. The van der Waals surface area contributed by atoms with Crippen LogP contribution in [0.15, 0.2) is 48.1 Å². The SMILES string of the molecule is COc1ccc(-c2nc(CS(=O)CCn3cccn3)cs2)cc1. The number of aromatic nitrogens is 3.